The molecule has 0 radical (unpaired) electrons. The van der Waals surface area contributed by atoms with Gasteiger partial charge in [0.05, 0.1) is 6.04 Å². The minimum absolute atomic E-state index is 0.0992. The van der Waals surface area contributed by atoms with E-state index in [0.717, 1.165) is 11.4 Å². The topological polar surface area (TPSA) is 42.0 Å². The summed E-state index contributed by atoms with van der Waals surface area (Å²) in [4.78, 5) is 16.3. The summed E-state index contributed by atoms with van der Waals surface area (Å²) in [5.74, 6) is -0.506. The number of rotatable bonds is 4. The van der Waals surface area contributed by atoms with Crippen LogP contribution in [0, 0.1) is 12.7 Å². The van der Waals surface area contributed by atoms with E-state index in [2.05, 4.69) is 10.3 Å². The van der Waals surface area contributed by atoms with Gasteiger partial charge in [0.15, 0.2) is 0 Å². The minimum atomic E-state index is -0.302. The van der Waals surface area contributed by atoms with Crippen LogP contribution in [0.4, 0.5) is 4.39 Å². The van der Waals surface area contributed by atoms with E-state index in [4.69, 9.17) is 0 Å². The van der Waals surface area contributed by atoms with Crippen LogP contribution in [0.25, 0.3) is 0 Å². The van der Waals surface area contributed by atoms with E-state index < -0.39 is 0 Å². The lowest BCUT2D eigenvalue weighted by Gasteiger charge is -2.14. The molecule has 0 aliphatic rings. The van der Waals surface area contributed by atoms with Crippen LogP contribution < -0.4 is 5.32 Å². The molecule has 1 aromatic heterocycles. The zero-order valence-electron chi connectivity index (χ0n) is 10.8. The lowest BCUT2D eigenvalue weighted by atomic mass is 10.1. The predicted octanol–water partition coefficient (Wildman–Crippen LogP) is 3.47. The Hall–Kier alpha value is -1.75. The van der Waals surface area contributed by atoms with Crippen molar-refractivity contribution >= 4 is 17.2 Å². The number of aromatic nitrogens is 1. The second-order valence-electron chi connectivity index (χ2n) is 4.27. The van der Waals surface area contributed by atoms with Crippen molar-refractivity contribution in [3.63, 3.8) is 0 Å². The van der Waals surface area contributed by atoms with E-state index in [1.807, 2.05) is 12.3 Å². The summed E-state index contributed by atoms with van der Waals surface area (Å²) in [5.41, 5.74) is 0.934. The molecule has 19 heavy (non-hydrogen) atoms. The van der Waals surface area contributed by atoms with Gasteiger partial charge in [0.2, 0.25) is 0 Å². The Morgan fingerprint density at radius 2 is 2.32 bits per heavy atom. The monoisotopic (exact) mass is 278 g/mol. The van der Waals surface area contributed by atoms with Crippen molar-refractivity contribution in [3.8, 4) is 0 Å². The highest BCUT2D eigenvalue weighted by molar-refractivity contribution is 7.09. The van der Waals surface area contributed by atoms with Crippen LogP contribution in [-0.2, 0) is 0 Å². The number of thiazole rings is 1. The van der Waals surface area contributed by atoms with Gasteiger partial charge in [-0.1, -0.05) is 6.92 Å². The average Bonchev–Trinajstić information content (AvgIpc) is 2.92. The highest BCUT2D eigenvalue weighted by Gasteiger charge is 2.16. The molecule has 1 unspecified atom stereocenters. The van der Waals surface area contributed by atoms with E-state index in [1.165, 1.54) is 23.5 Å². The first-order chi connectivity index (χ1) is 9.11. The predicted molar refractivity (Wildman–Crippen MR) is 73.7 cm³/mol. The molecule has 100 valence electrons. The molecule has 0 aliphatic heterocycles. The number of nitrogens with one attached hydrogen (secondary N) is 1. The van der Waals surface area contributed by atoms with Gasteiger partial charge in [-0.2, -0.15) is 0 Å². The van der Waals surface area contributed by atoms with Gasteiger partial charge in [0, 0.05) is 17.1 Å². The Morgan fingerprint density at radius 1 is 1.53 bits per heavy atom. The molecular weight excluding hydrogens is 263 g/mol. The number of hydrogen-bond donors (Lipinski definition) is 1. The van der Waals surface area contributed by atoms with Crippen LogP contribution in [0.3, 0.4) is 0 Å². The van der Waals surface area contributed by atoms with Crippen molar-refractivity contribution < 1.29 is 9.18 Å². The minimum Gasteiger partial charge on any atom is -0.343 e. The van der Waals surface area contributed by atoms with E-state index >= 15 is 0 Å². The molecule has 0 bridgehead atoms. The van der Waals surface area contributed by atoms with E-state index in [0.29, 0.717) is 11.1 Å². The number of amides is 1. The molecule has 0 aliphatic carbocycles. The zero-order valence-corrected chi connectivity index (χ0v) is 11.6. The highest BCUT2D eigenvalue weighted by atomic mass is 32.1. The lowest BCUT2D eigenvalue weighted by molar-refractivity contribution is 0.0935. The summed E-state index contributed by atoms with van der Waals surface area (Å²) >= 11 is 1.51. The molecule has 1 atom stereocenters. The fraction of sp³-hybridized carbons (Fsp3) is 0.286. The standard InChI is InChI=1S/C14H15FN2OS/c1-3-12(14-16-6-7-19-14)17-13(18)10-4-5-11(15)9(2)8-10/h4-8,12H,3H2,1-2H3,(H,17,18). The van der Waals surface area contributed by atoms with Gasteiger partial charge in [0.25, 0.3) is 5.91 Å². The summed E-state index contributed by atoms with van der Waals surface area (Å²) in [5, 5.41) is 5.68. The third kappa shape index (κ3) is 3.17. The third-order valence-corrected chi connectivity index (χ3v) is 3.77. The van der Waals surface area contributed by atoms with Crippen LogP contribution in [0.5, 0.6) is 0 Å². The first-order valence-corrected chi connectivity index (χ1v) is 6.96. The Bertz CT molecular complexity index is 569. The van der Waals surface area contributed by atoms with Crippen molar-refractivity contribution in [3.05, 3.63) is 51.7 Å². The Balaban J connectivity index is 2.13. The number of halogens is 1. The molecule has 2 rings (SSSR count). The molecule has 1 heterocycles. The highest BCUT2D eigenvalue weighted by Crippen LogP contribution is 2.19. The van der Waals surface area contributed by atoms with Crippen molar-refractivity contribution in [2.24, 2.45) is 0 Å². The number of hydrogen-bond acceptors (Lipinski definition) is 3. The summed E-state index contributed by atoms with van der Waals surface area (Å²) in [7, 11) is 0. The van der Waals surface area contributed by atoms with Gasteiger partial charge in [-0.15, -0.1) is 11.3 Å². The van der Waals surface area contributed by atoms with Gasteiger partial charge in [-0.25, -0.2) is 9.37 Å². The van der Waals surface area contributed by atoms with Gasteiger partial charge in [-0.05, 0) is 37.1 Å². The first-order valence-electron chi connectivity index (χ1n) is 6.08. The van der Waals surface area contributed by atoms with Crippen LogP contribution in [0.1, 0.15) is 40.3 Å². The Kier molecular flexibility index (Phi) is 4.27. The van der Waals surface area contributed by atoms with Crippen LogP contribution in [0.15, 0.2) is 29.8 Å². The number of carbonyl (C=O) groups is 1. The fourth-order valence-corrected chi connectivity index (χ4v) is 2.55. The lowest BCUT2D eigenvalue weighted by Crippen LogP contribution is -2.28. The Morgan fingerprint density at radius 3 is 2.89 bits per heavy atom. The van der Waals surface area contributed by atoms with Crippen molar-refractivity contribution in [1.29, 1.82) is 0 Å². The fourth-order valence-electron chi connectivity index (χ4n) is 1.77. The van der Waals surface area contributed by atoms with Crippen molar-refractivity contribution in [2.45, 2.75) is 26.3 Å². The molecule has 0 saturated heterocycles. The summed E-state index contributed by atoms with van der Waals surface area (Å²) in [6.07, 6.45) is 2.48. The number of carbonyl (C=O) groups excluding carboxylic acids is 1. The SMILES string of the molecule is CCC(NC(=O)c1ccc(F)c(C)c1)c1nccs1. The Labute approximate surface area is 115 Å². The average molecular weight is 278 g/mol. The molecule has 1 aromatic carbocycles. The van der Waals surface area contributed by atoms with Gasteiger partial charge < -0.3 is 5.32 Å². The van der Waals surface area contributed by atoms with Crippen LogP contribution in [0.2, 0.25) is 0 Å². The molecule has 3 nitrogen and oxygen atoms in total. The number of nitrogens with zero attached hydrogens (tertiary/aromatic N) is 1. The summed E-state index contributed by atoms with van der Waals surface area (Å²) in [6, 6.07) is 4.26. The maximum Gasteiger partial charge on any atom is 0.251 e. The normalized spacial score (nSPS) is 12.2. The van der Waals surface area contributed by atoms with E-state index in [9.17, 15) is 9.18 Å². The van der Waals surface area contributed by atoms with Crippen LogP contribution in [-0.4, -0.2) is 10.9 Å². The second kappa shape index (κ2) is 5.93. The smallest absolute Gasteiger partial charge is 0.251 e. The molecule has 0 spiro atoms. The van der Waals surface area contributed by atoms with Crippen molar-refractivity contribution in [2.75, 3.05) is 0 Å². The molecule has 5 heteroatoms. The molecule has 2 aromatic rings. The summed E-state index contributed by atoms with van der Waals surface area (Å²) in [6.45, 7) is 3.63. The van der Waals surface area contributed by atoms with Gasteiger partial charge in [0.1, 0.15) is 10.8 Å². The second-order valence-corrected chi connectivity index (χ2v) is 5.19. The number of benzene rings is 1. The van der Waals surface area contributed by atoms with Crippen LogP contribution >= 0.6 is 11.3 Å². The van der Waals surface area contributed by atoms with E-state index in [-0.39, 0.29) is 17.8 Å². The maximum absolute atomic E-state index is 13.2. The largest absolute Gasteiger partial charge is 0.343 e. The number of aryl methyl sites for hydroxylation is 1. The maximum atomic E-state index is 13.2. The molecule has 1 N–H and O–H groups in total. The van der Waals surface area contributed by atoms with Gasteiger partial charge >= 0.3 is 0 Å². The van der Waals surface area contributed by atoms with Crippen molar-refractivity contribution in [1.82, 2.24) is 10.3 Å². The van der Waals surface area contributed by atoms with E-state index in [1.54, 1.807) is 19.2 Å². The first kappa shape index (κ1) is 13.7. The molecule has 1 amide bonds. The molecule has 0 fully saturated rings. The molecular formula is C14H15FN2OS. The molecule has 0 saturated carbocycles. The van der Waals surface area contributed by atoms with Gasteiger partial charge in [-0.3, -0.25) is 4.79 Å². The quantitative estimate of drug-likeness (QED) is 0.930. The third-order valence-electron chi connectivity index (χ3n) is 2.88. The zero-order chi connectivity index (χ0) is 13.8. The summed E-state index contributed by atoms with van der Waals surface area (Å²) < 4.78 is 13.2.